The molecule has 148 valence electrons. The summed E-state index contributed by atoms with van der Waals surface area (Å²) in [6.07, 6.45) is 2.91. The number of carbonyl (C=O) groups is 2. The van der Waals surface area contributed by atoms with Crippen molar-refractivity contribution in [2.75, 3.05) is 0 Å². The monoisotopic (exact) mass is 403 g/mol. The second-order valence-electron chi connectivity index (χ2n) is 6.48. The van der Waals surface area contributed by atoms with E-state index in [0.29, 0.717) is 0 Å². The number of ether oxygens (including phenoxy) is 1. The van der Waals surface area contributed by atoms with Crippen molar-refractivity contribution in [3.8, 4) is 0 Å². The topological polar surface area (TPSA) is 55.4 Å². The molecule has 2 atom stereocenters. The molecule has 1 N–H and O–H groups in total. The van der Waals surface area contributed by atoms with Crippen molar-refractivity contribution in [3.05, 3.63) is 76.6 Å². The largest absolute Gasteiger partial charge is 0.449 e. The Morgan fingerprint density at radius 1 is 1.14 bits per heavy atom. The number of esters is 1. The fourth-order valence-electron chi connectivity index (χ4n) is 2.55. The van der Waals surface area contributed by atoms with Crippen molar-refractivity contribution >= 4 is 29.6 Å². The summed E-state index contributed by atoms with van der Waals surface area (Å²) in [7, 11) is 0. The third kappa shape index (κ3) is 6.82. The molecule has 0 aliphatic rings. The lowest BCUT2D eigenvalue weighted by atomic mass is 10.1. The Morgan fingerprint density at radius 2 is 1.86 bits per heavy atom. The van der Waals surface area contributed by atoms with E-state index >= 15 is 0 Å². The highest BCUT2D eigenvalue weighted by atomic mass is 35.5. The van der Waals surface area contributed by atoms with Crippen LogP contribution in [0.3, 0.4) is 0 Å². The molecule has 2 aromatic carbocycles. The number of rotatable bonds is 8. The molecule has 0 aromatic heterocycles. The van der Waals surface area contributed by atoms with E-state index in [2.05, 4.69) is 5.32 Å². The zero-order valence-corrected chi connectivity index (χ0v) is 16.6. The van der Waals surface area contributed by atoms with Crippen LogP contribution in [0.1, 0.15) is 31.4 Å². The van der Waals surface area contributed by atoms with Gasteiger partial charge in [0, 0.05) is 17.7 Å². The number of nitrogens with one attached hydrogen (secondary N) is 1. The van der Waals surface area contributed by atoms with Gasteiger partial charge in [0.1, 0.15) is 5.82 Å². The zero-order valence-electron chi connectivity index (χ0n) is 15.8. The van der Waals surface area contributed by atoms with E-state index < -0.39 is 17.9 Å². The van der Waals surface area contributed by atoms with Gasteiger partial charge in [-0.1, -0.05) is 48.0 Å². The Hall–Kier alpha value is -2.66. The van der Waals surface area contributed by atoms with Gasteiger partial charge in [0.05, 0.1) is 5.02 Å². The molecule has 0 spiro atoms. The van der Waals surface area contributed by atoms with Crippen molar-refractivity contribution in [1.29, 1.82) is 0 Å². The maximum Gasteiger partial charge on any atom is 0.331 e. The molecule has 2 rings (SSSR count). The van der Waals surface area contributed by atoms with Gasteiger partial charge in [-0.25, -0.2) is 9.18 Å². The van der Waals surface area contributed by atoms with E-state index in [4.69, 9.17) is 16.3 Å². The summed E-state index contributed by atoms with van der Waals surface area (Å²) < 4.78 is 18.8. The number of aryl methyl sites for hydroxylation is 1. The molecule has 0 saturated carbocycles. The summed E-state index contributed by atoms with van der Waals surface area (Å²) in [6, 6.07) is 14.1. The lowest BCUT2D eigenvalue weighted by molar-refractivity contribution is -0.150. The first-order valence-corrected chi connectivity index (χ1v) is 9.41. The summed E-state index contributed by atoms with van der Waals surface area (Å²) >= 11 is 5.89. The summed E-state index contributed by atoms with van der Waals surface area (Å²) in [5, 5.41) is 3.01. The van der Waals surface area contributed by atoms with Crippen molar-refractivity contribution in [2.24, 2.45) is 0 Å². The second-order valence-corrected chi connectivity index (χ2v) is 6.89. The molecule has 0 aliphatic carbocycles. The highest BCUT2D eigenvalue weighted by molar-refractivity contribution is 6.32. The molecular formula is C22H23ClFNO3. The van der Waals surface area contributed by atoms with Crippen LogP contribution in [0, 0.1) is 5.82 Å². The Kier molecular flexibility index (Phi) is 8.20. The molecule has 2 aromatic rings. The van der Waals surface area contributed by atoms with Gasteiger partial charge in [0.15, 0.2) is 6.10 Å². The van der Waals surface area contributed by atoms with Crippen molar-refractivity contribution in [1.82, 2.24) is 5.32 Å². The molecule has 1 amide bonds. The van der Waals surface area contributed by atoms with Crippen LogP contribution in [0.4, 0.5) is 4.39 Å². The molecule has 0 bridgehead atoms. The lowest BCUT2D eigenvalue weighted by Crippen LogP contribution is -2.40. The predicted molar refractivity (Wildman–Crippen MR) is 108 cm³/mol. The lowest BCUT2D eigenvalue weighted by Gasteiger charge is -2.17. The second kappa shape index (κ2) is 10.6. The zero-order chi connectivity index (χ0) is 20.5. The minimum atomic E-state index is -0.965. The first kappa shape index (κ1) is 21.6. The Balaban J connectivity index is 1.80. The van der Waals surface area contributed by atoms with Gasteiger partial charge in [0.2, 0.25) is 0 Å². The molecule has 6 heteroatoms. The fraction of sp³-hybridized carbons (Fsp3) is 0.273. The highest BCUT2D eigenvalue weighted by Gasteiger charge is 2.18. The number of amides is 1. The van der Waals surface area contributed by atoms with Gasteiger partial charge in [0.25, 0.3) is 5.91 Å². The maximum atomic E-state index is 13.7. The van der Waals surface area contributed by atoms with Crippen LogP contribution in [0.2, 0.25) is 5.02 Å². The third-order valence-electron chi connectivity index (χ3n) is 4.15. The Labute approximate surface area is 169 Å². The van der Waals surface area contributed by atoms with Gasteiger partial charge < -0.3 is 10.1 Å². The average Bonchev–Trinajstić information content (AvgIpc) is 2.66. The van der Waals surface area contributed by atoms with Gasteiger partial charge >= 0.3 is 5.97 Å². The number of carbonyl (C=O) groups excluding carboxylic acids is 2. The van der Waals surface area contributed by atoms with E-state index in [9.17, 15) is 14.0 Å². The molecule has 0 fully saturated rings. The number of halogens is 2. The SMILES string of the molecule is C[C@H](CCc1ccccc1)NC(=O)[C@@H](C)OC(=O)/C=C/c1c(F)cccc1Cl. The van der Waals surface area contributed by atoms with Crippen LogP contribution in [0.5, 0.6) is 0 Å². The number of benzene rings is 2. The van der Waals surface area contributed by atoms with Crippen LogP contribution in [0.25, 0.3) is 6.08 Å². The van der Waals surface area contributed by atoms with Crippen LogP contribution in [-0.2, 0) is 20.7 Å². The molecule has 28 heavy (non-hydrogen) atoms. The summed E-state index contributed by atoms with van der Waals surface area (Å²) in [4.78, 5) is 24.1. The van der Waals surface area contributed by atoms with E-state index in [1.807, 2.05) is 37.3 Å². The minimum Gasteiger partial charge on any atom is -0.449 e. The molecular weight excluding hydrogens is 381 g/mol. The van der Waals surface area contributed by atoms with Gasteiger partial charge in [-0.3, -0.25) is 4.79 Å². The van der Waals surface area contributed by atoms with Crippen LogP contribution >= 0.6 is 11.6 Å². The molecule has 4 nitrogen and oxygen atoms in total. The number of hydrogen-bond donors (Lipinski definition) is 1. The predicted octanol–water partition coefficient (Wildman–Crippen LogP) is 4.56. The Morgan fingerprint density at radius 3 is 2.54 bits per heavy atom. The van der Waals surface area contributed by atoms with Gasteiger partial charge in [-0.2, -0.15) is 0 Å². The molecule has 0 aliphatic heterocycles. The quantitative estimate of drug-likeness (QED) is 0.519. The first-order valence-electron chi connectivity index (χ1n) is 9.04. The first-order chi connectivity index (χ1) is 13.4. The van der Waals surface area contributed by atoms with Crippen LogP contribution < -0.4 is 5.32 Å². The van der Waals surface area contributed by atoms with Crippen LogP contribution in [-0.4, -0.2) is 24.0 Å². The molecule has 0 unspecified atom stereocenters. The highest BCUT2D eigenvalue weighted by Crippen LogP contribution is 2.20. The summed E-state index contributed by atoms with van der Waals surface area (Å²) in [5.74, 6) is -1.68. The fourth-order valence-corrected chi connectivity index (χ4v) is 2.77. The molecule has 0 saturated heterocycles. The molecule has 0 heterocycles. The summed E-state index contributed by atoms with van der Waals surface area (Å²) in [5.41, 5.74) is 1.28. The van der Waals surface area contributed by atoms with Gasteiger partial charge in [-0.05, 0) is 50.5 Å². The minimum absolute atomic E-state index is 0.0679. The van der Waals surface area contributed by atoms with Crippen molar-refractivity contribution < 1.29 is 18.7 Å². The van der Waals surface area contributed by atoms with Crippen molar-refractivity contribution in [3.63, 3.8) is 0 Å². The van der Waals surface area contributed by atoms with E-state index in [1.165, 1.54) is 36.8 Å². The molecule has 0 radical (unpaired) electrons. The Bertz CT molecular complexity index is 819. The summed E-state index contributed by atoms with van der Waals surface area (Å²) in [6.45, 7) is 3.39. The van der Waals surface area contributed by atoms with E-state index in [-0.39, 0.29) is 22.5 Å². The third-order valence-corrected chi connectivity index (χ3v) is 4.48. The normalized spacial score (nSPS) is 13.1. The van der Waals surface area contributed by atoms with Crippen LogP contribution in [0.15, 0.2) is 54.6 Å². The maximum absolute atomic E-state index is 13.7. The van der Waals surface area contributed by atoms with E-state index in [1.54, 1.807) is 0 Å². The number of hydrogen-bond acceptors (Lipinski definition) is 3. The van der Waals surface area contributed by atoms with Crippen molar-refractivity contribution in [2.45, 2.75) is 38.8 Å². The average molecular weight is 404 g/mol. The van der Waals surface area contributed by atoms with Gasteiger partial charge in [-0.15, -0.1) is 0 Å². The standard InChI is InChI=1S/C22H23ClFNO3/c1-15(11-12-17-7-4-3-5-8-17)25-22(27)16(2)28-21(26)14-13-18-19(23)9-6-10-20(18)24/h3-10,13-16H,11-12H2,1-2H3,(H,25,27)/b14-13+/t15-,16-/m1/s1. The smallest absolute Gasteiger partial charge is 0.331 e. The van der Waals surface area contributed by atoms with E-state index in [0.717, 1.165) is 18.9 Å².